The zero-order valence-electron chi connectivity index (χ0n) is 12.7. The van der Waals surface area contributed by atoms with Crippen molar-refractivity contribution in [3.05, 3.63) is 49.8 Å². The molecule has 0 amide bonds. The van der Waals surface area contributed by atoms with Crippen LogP contribution in [0.1, 0.15) is 37.3 Å². The van der Waals surface area contributed by atoms with Crippen LogP contribution >= 0.6 is 0 Å². The van der Waals surface area contributed by atoms with E-state index in [4.69, 9.17) is 0 Å². The molecule has 0 bridgehead atoms. The Hall–Kier alpha value is -2.10. The summed E-state index contributed by atoms with van der Waals surface area (Å²) < 4.78 is 0. The van der Waals surface area contributed by atoms with Gasteiger partial charge in [0.15, 0.2) is 0 Å². The molecule has 0 spiro atoms. The summed E-state index contributed by atoms with van der Waals surface area (Å²) in [4.78, 5) is 23.7. The van der Waals surface area contributed by atoms with Gasteiger partial charge in [0.25, 0.3) is 10.9 Å². The molecular formula is C17H20N2O2. The van der Waals surface area contributed by atoms with Gasteiger partial charge in [-0.1, -0.05) is 12.1 Å². The lowest BCUT2D eigenvalue weighted by Crippen LogP contribution is -2.47. The molecule has 1 aliphatic rings. The maximum atomic E-state index is 11.9. The van der Waals surface area contributed by atoms with Crippen molar-refractivity contribution < 1.29 is 0 Å². The van der Waals surface area contributed by atoms with E-state index in [1.807, 2.05) is 32.0 Å². The minimum Gasteiger partial charge on any atom is -0.375 e. The minimum absolute atomic E-state index is 0.0414. The SMILES string of the molecule is Cc1cccc(Nc2c(NC3(C)CCC3)c(=O)c2=O)c1C. The van der Waals surface area contributed by atoms with Crippen LogP contribution in [0.15, 0.2) is 27.8 Å². The quantitative estimate of drug-likeness (QED) is 0.847. The van der Waals surface area contributed by atoms with Gasteiger partial charge in [0, 0.05) is 11.2 Å². The second-order valence-electron chi connectivity index (χ2n) is 6.32. The van der Waals surface area contributed by atoms with Crippen LogP contribution in [-0.4, -0.2) is 5.54 Å². The molecule has 4 nitrogen and oxygen atoms in total. The van der Waals surface area contributed by atoms with Gasteiger partial charge in [-0.2, -0.15) is 0 Å². The Kier molecular flexibility index (Phi) is 3.12. The molecule has 0 saturated heterocycles. The number of anilines is 3. The van der Waals surface area contributed by atoms with Crippen molar-refractivity contribution >= 4 is 17.1 Å². The number of aryl methyl sites for hydroxylation is 1. The highest BCUT2D eigenvalue weighted by molar-refractivity contribution is 5.80. The Morgan fingerprint density at radius 3 is 2.33 bits per heavy atom. The number of nitrogens with one attached hydrogen (secondary N) is 2. The van der Waals surface area contributed by atoms with E-state index in [2.05, 4.69) is 17.6 Å². The van der Waals surface area contributed by atoms with Crippen LogP contribution in [0.3, 0.4) is 0 Å². The summed E-state index contributed by atoms with van der Waals surface area (Å²) in [5, 5.41) is 6.40. The molecule has 3 rings (SSSR count). The normalized spacial score (nSPS) is 16.5. The average Bonchev–Trinajstić information content (AvgIpc) is 2.44. The number of benzene rings is 1. The van der Waals surface area contributed by atoms with Crippen molar-refractivity contribution in [1.82, 2.24) is 0 Å². The number of hydrogen-bond acceptors (Lipinski definition) is 4. The smallest absolute Gasteiger partial charge is 0.253 e. The Balaban J connectivity index is 1.89. The van der Waals surface area contributed by atoms with E-state index in [9.17, 15) is 9.59 Å². The summed E-state index contributed by atoms with van der Waals surface area (Å²) in [7, 11) is 0. The zero-order chi connectivity index (χ0) is 15.2. The van der Waals surface area contributed by atoms with Crippen LogP contribution in [0.5, 0.6) is 0 Å². The highest BCUT2D eigenvalue weighted by Gasteiger charge is 2.35. The fraction of sp³-hybridized carbons (Fsp3) is 0.412. The van der Waals surface area contributed by atoms with Crippen LogP contribution in [0.2, 0.25) is 0 Å². The third-order valence-corrected chi connectivity index (χ3v) is 4.66. The van der Waals surface area contributed by atoms with Gasteiger partial charge in [0.2, 0.25) is 0 Å². The molecule has 0 aliphatic heterocycles. The lowest BCUT2D eigenvalue weighted by Gasteiger charge is -2.40. The predicted octanol–water partition coefficient (Wildman–Crippen LogP) is 3.00. The van der Waals surface area contributed by atoms with Crippen LogP contribution in [0.25, 0.3) is 0 Å². The van der Waals surface area contributed by atoms with Crippen LogP contribution in [-0.2, 0) is 0 Å². The van der Waals surface area contributed by atoms with E-state index in [1.54, 1.807) is 0 Å². The number of hydrogen-bond donors (Lipinski definition) is 2. The van der Waals surface area contributed by atoms with Crippen molar-refractivity contribution in [1.29, 1.82) is 0 Å². The molecule has 1 saturated carbocycles. The third-order valence-electron chi connectivity index (χ3n) is 4.66. The topological polar surface area (TPSA) is 58.2 Å². The molecule has 1 fully saturated rings. The van der Waals surface area contributed by atoms with E-state index < -0.39 is 10.9 Å². The van der Waals surface area contributed by atoms with Gasteiger partial charge in [-0.05, 0) is 57.2 Å². The summed E-state index contributed by atoms with van der Waals surface area (Å²) >= 11 is 0. The summed E-state index contributed by atoms with van der Waals surface area (Å²) in [6, 6.07) is 5.89. The third kappa shape index (κ3) is 2.24. The molecular weight excluding hydrogens is 264 g/mol. The summed E-state index contributed by atoms with van der Waals surface area (Å²) in [5.74, 6) is 0. The lowest BCUT2D eigenvalue weighted by atomic mass is 9.78. The molecule has 0 radical (unpaired) electrons. The zero-order valence-corrected chi connectivity index (χ0v) is 12.7. The maximum Gasteiger partial charge on any atom is 0.253 e. The van der Waals surface area contributed by atoms with Gasteiger partial charge in [-0.15, -0.1) is 0 Å². The van der Waals surface area contributed by atoms with E-state index in [0.717, 1.165) is 29.7 Å². The molecule has 2 N–H and O–H groups in total. The maximum absolute atomic E-state index is 11.9. The molecule has 0 heterocycles. The monoisotopic (exact) mass is 284 g/mol. The standard InChI is InChI=1S/C17H20N2O2/c1-10-6-4-7-12(11(10)2)18-13-14(16(21)15(13)20)19-17(3)8-5-9-17/h4,6-7,18-19H,5,8-9H2,1-3H3. The molecule has 0 atom stereocenters. The first-order valence-corrected chi connectivity index (χ1v) is 7.36. The molecule has 2 aromatic rings. The first-order valence-electron chi connectivity index (χ1n) is 7.36. The van der Waals surface area contributed by atoms with Crippen LogP contribution in [0.4, 0.5) is 17.1 Å². The molecule has 2 aromatic carbocycles. The van der Waals surface area contributed by atoms with Crippen molar-refractivity contribution in [3.63, 3.8) is 0 Å². The molecule has 110 valence electrons. The van der Waals surface area contributed by atoms with Gasteiger partial charge in [-0.3, -0.25) is 9.59 Å². The molecule has 0 unspecified atom stereocenters. The van der Waals surface area contributed by atoms with Crippen molar-refractivity contribution in [3.8, 4) is 0 Å². The van der Waals surface area contributed by atoms with Gasteiger partial charge in [0.1, 0.15) is 11.4 Å². The van der Waals surface area contributed by atoms with E-state index in [-0.39, 0.29) is 5.54 Å². The van der Waals surface area contributed by atoms with Gasteiger partial charge < -0.3 is 10.6 Å². The number of rotatable bonds is 4. The summed E-state index contributed by atoms with van der Waals surface area (Å²) in [6.45, 7) is 6.12. The Bertz CT molecular complexity index is 766. The molecule has 21 heavy (non-hydrogen) atoms. The van der Waals surface area contributed by atoms with Crippen molar-refractivity contribution in [2.75, 3.05) is 10.6 Å². The van der Waals surface area contributed by atoms with E-state index >= 15 is 0 Å². The van der Waals surface area contributed by atoms with Crippen molar-refractivity contribution in [2.24, 2.45) is 0 Å². The largest absolute Gasteiger partial charge is 0.375 e. The second-order valence-corrected chi connectivity index (χ2v) is 6.32. The first kappa shape index (κ1) is 13.9. The highest BCUT2D eigenvalue weighted by atomic mass is 16.2. The Morgan fingerprint density at radius 2 is 1.71 bits per heavy atom. The van der Waals surface area contributed by atoms with Gasteiger partial charge >= 0.3 is 0 Å². The predicted molar refractivity (Wildman–Crippen MR) is 86.4 cm³/mol. The molecule has 1 aliphatic carbocycles. The van der Waals surface area contributed by atoms with Crippen LogP contribution < -0.4 is 21.5 Å². The molecule has 4 heteroatoms. The van der Waals surface area contributed by atoms with Crippen LogP contribution in [0, 0.1) is 13.8 Å². The fourth-order valence-electron chi connectivity index (χ4n) is 2.79. The van der Waals surface area contributed by atoms with E-state index in [1.165, 1.54) is 6.42 Å². The Morgan fingerprint density at radius 1 is 1.05 bits per heavy atom. The Labute approximate surface area is 123 Å². The van der Waals surface area contributed by atoms with Gasteiger partial charge in [0.05, 0.1) is 0 Å². The lowest BCUT2D eigenvalue weighted by molar-refractivity contribution is 0.306. The molecule has 0 aromatic heterocycles. The second kappa shape index (κ2) is 4.72. The highest BCUT2D eigenvalue weighted by Crippen LogP contribution is 2.36. The van der Waals surface area contributed by atoms with Gasteiger partial charge in [-0.25, -0.2) is 0 Å². The first-order chi connectivity index (χ1) is 9.91. The van der Waals surface area contributed by atoms with E-state index in [0.29, 0.717) is 11.4 Å². The summed E-state index contributed by atoms with van der Waals surface area (Å²) in [6.07, 6.45) is 3.24. The summed E-state index contributed by atoms with van der Waals surface area (Å²) in [5.41, 5.74) is 3.09. The average molecular weight is 284 g/mol. The fourth-order valence-corrected chi connectivity index (χ4v) is 2.79. The minimum atomic E-state index is -0.429. The van der Waals surface area contributed by atoms with Crippen molar-refractivity contribution in [2.45, 2.75) is 45.6 Å².